The van der Waals surface area contributed by atoms with Crippen molar-refractivity contribution in [1.82, 2.24) is 19.9 Å². The number of H-pyrrole nitrogens is 1. The van der Waals surface area contributed by atoms with E-state index in [9.17, 15) is 28.2 Å². The third kappa shape index (κ3) is 3.42. The number of fused-ring (bicyclic) bond motifs is 1. The first-order valence-corrected chi connectivity index (χ1v) is 7.89. The number of aromatic nitrogens is 3. The molecule has 7 nitrogen and oxygen atoms in total. The summed E-state index contributed by atoms with van der Waals surface area (Å²) in [6.45, 7) is 2.01. The molecule has 0 aliphatic carbocycles. The highest BCUT2D eigenvalue weighted by atomic mass is 19.4. The number of hydrogen-bond acceptors (Lipinski definition) is 6. The summed E-state index contributed by atoms with van der Waals surface area (Å²) in [5, 5.41) is 19.6. The lowest BCUT2D eigenvalue weighted by Crippen LogP contribution is -2.36. The van der Waals surface area contributed by atoms with Crippen LogP contribution >= 0.6 is 0 Å². The molecule has 10 heteroatoms. The quantitative estimate of drug-likeness (QED) is 0.752. The Balaban J connectivity index is 1.89. The molecule has 0 saturated heterocycles. The molecule has 0 fully saturated rings. The molecule has 0 unspecified atom stereocenters. The molecule has 0 amide bonds. The van der Waals surface area contributed by atoms with E-state index in [4.69, 9.17) is 0 Å². The summed E-state index contributed by atoms with van der Waals surface area (Å²) in [4.78, 5) is 23.2. The summed E-state index contributed by atoms with van der Waals surface area (Å²) in [5.74, 6) is -1.33. The number of nitrogens with zero attached hydrogens (tertiary/aromatic N) is 3. The number of aliphatic hydroxyl groups excluding tert-OH is 1. The van der Waals surface area contributed by atoms with Gasteiger partial charge in [-0.1, -0.05) is 0 Å². The fourth-order valence-electron chi connectivity index (χ4n) is 2.97. The van der Waals surface area contributed by atoms with Crippen LogP contribution in [0.4, 0.5) is 13.2 Å². The molecular formula is C16H17F3N4O3. The van der Waals surface area contributed by atoms with Crippen molar-refractivity contribution in [2.45, 2.75) is 39.2 Å². The van der Waals surface area contributed by atoms with E-state index < -0.39 is 17.6 Å². The van der Waals surface area contributed by atoms with E-state index in [-0.39, 0.29) is 43.1 Å². The molecule has 0 aromatic carbocycles. The number of rotatable bonds is 3. The van der Waals surface area contributed by atoms with Crippen LogP contribution in [0.25, 0.3) is 0 Å². The minimum atomic E-state index is -4.71. The van der Waals surface area contributed by atoms with E-state index in [0.717, 1.165) is 0 Å². The molecule has 1 aliphatic heterocycles. The molecule has 3 N–H and O–H groups in total. The highest BCUT2D eigenvalue weighted by molar-refractivity contribution is 5.40. The number of alkyl halides is 3. The number of aliphatic hydroxyl groups is 1. The maximum atomic E-state index is 12.8. The van der Waals surface area contributed by atoms with E-state index in [2.05, 4.69) is 9.97 Å². The van der Waals surface area contributed by atoms with Crippen LogP contribution < -0.4 is 5.56 Å². The van der Waals surface area contributed by atoms with E-state index in [0.29, 0.717) is 23.4 Å². The molecule has 26 heavy (non-hydrogen) atoms. The van der Waals surface area contributed by atoms with Gasteiger partial charge in [-0.3, -0.25) is 14.7 Å². The molecule has 2 aromatic rings. The second-order valence-electron chi connectivity index (χ2n) is 6.15. The predicted octanol–water partition coefficient (Wildman–Crippen LogP) is 1.25. The number of aromatic hydroxyl groups is 1. The highest BCUT2D eigenvalue weighted by Crippen LogP contribution is 2.29. The number of nitrogens with one attached hydrogen (secondary N) is 1. The number of hydrogen-bond donors (Lipinski definition) is 3. The first-order chi connectivity index (χ1) is 12.2. The number of halogens is 3. The van der Waals surface area contributed by atoms with Crippen LogP contribution in [0, 0.1) is 6.92 Å². The summed E-state index contributed by atoms with van der Waals surface area (Å²) in [7, 11) is 0. The molecule has 3 rings (SSSR count). The number of pyridine rings is 1. The maximum Gasteiger partial charge on any atom is 0.449 e. The van der Waals surface area contributed by atoms with Gasteiger partial charge in [-0.2, -0.15) is 13.2 Å². The Labute approximate surface area is 146 Å². The first-order valence-electron chi connectivity index (χ1n) is 7.89. The lowest BCUT2D eigenvalue weighted by Gasteiger charge is -2.28. The Hall–Kier alpha value is -2.46. The zero-order valence-electron chi connectivity index (χ0n) is 13.9. The van der Waals surface area contributed by atoms with Crippen LogP contribution in [0.1, 0.15) is 33.9 Å². The minimum Gasteiger partial charge on any atom is -0.506 e. The van der Waals surface area contributed by atoms with Crippen molar-refractivity contribution >= 4 is 0 Å². The molecule has 3 heterocycles. The Morgan fingerprint density at radius 3 is 2.77 bits per heavy atom. The van der Waals surface area contributed by atoms with Gasteiger partial charge < -0.3 is 15.2 Å². The third-order valence-corrected chi connectivity index (χ3v) is 4.40. The van der Waals surface area contributed by atoms with Gasteiger partial charge in [0, 0.05) is 43.4 Å². The molecule has 2 aromatic heterocycles. The lowest BCUT2D eigenvalue weighted by molar-refractivity contribution is -0.145. The van der Waals surface area contributed by atoms with E-state index in [1.54, 1.807) is 16.8 Å². The highest BCUT2D eigenvalue weighted by Gasteiger charge is 2.36. The van der Waals surface area contributed by atoms with Gasteiger partial charge in [-0.05, 0) is 6.92 Å². The molecule has 0 radical (unpaired) electrons. The zero-order valence-corrected chi connectivity index (χ0v) is 13.9. The standard InChI is InChI=1S/C16H17F3N4O3/c1-8-13(25)10(9(7-24)4-20-8)5-23-3-2-12-11(6-23)14(26)22-15(21-12)16(17,18)19/h4,24-25H,2-3,5-7H2,1H3,(H,21,22,26). The summed E-state index contributed by atoms with van der Waals surface area (Å²) < 4.78 is 38.3. The lowest BCUT2D eigenvalue weighted by atomic mass is 10.0. The largest absolute Gasteiger partial charge is 0.506 e. The van der Waals surface area contributed by atoms with Crippen LogP contribution in [-0.2, 0) is 32.3 Å². The SMILES string of the molecule is Cc1ncc(CO)c(CN2CCc3nc(C(F)(F)F)[nH]c(=O)c3C2)c1O. The van der Waals surface area contributed by atoms with Gasteiger partial charge in [0.05, 0.1) is 23.6 Å². The normalized spacial score (nSPS) is 15.1. The van der Waals surface area contributed by atoms with Crippen molar-refractivity contribution in [2.24, 2.45) is 0 Å². The molecule has 0 atom stereocenters. The summed E-state index contributed by atoms with van der Waals surface area (Å²) in [6.07, 6.45) is -3.06. The number of aromatic amines is 1. The summed E-state index contributed by atoms with van der Waals surface area (Å²) in [5.41, 5.74) is 0.849. The molecule has 140 valence electrons. The van der Waals surface area contributed by atoms with Crippen molar-refractivity contribution in [1.29, 1.82) is 0 Å². The Morgan fingerprint density at radius 1 is 1.38 bits per heavy atom. The molecular weight excluding hydrogens is 353 g/mol. The van der Waals surface area contributed by atoms with Gasteiger partial charge in [0.1, 0.15) is 5.75 Å². The van der Waals surface area contributed by atoms with Gasteiger partial charge in [-0.15, -0.1) is 0 Å². The molecule has 1 aliphatic rings. The maximum absolute atomic E-state index is 12.8. The number of aryl methyl sites for hydroxylation is 1. The molecule has 0 saturated carbocycles. The summed E-state index contributed by atoms with van der Waals surface area (Å²) >= 11 is 0. The zero-order chi connectivity index (χ0) is 19.1. The van der Waals surface area contributed by atoms with E-state index in [1.807, 2.05) is 0 Å². The van der Waals surface area contributed by atoms with Gasteiger partial charge in [-0.25, -0.2) is 4.98 Å². The average Bonchev–Trinajstić information content (AvgIpc) is 2.58. The van der Waals surface area contributed by atoms with Crippen LogP contribution in [0.15, 0.2) is 11.0 Å². The third-order valence-electron chi connectivity index (χ3n) is 4.40. The van der Waals surface area contributed by atoms with E-state index in [1.165, 1.54) is 6.20 Å². The topological polar surface area (TPSA) is 102 Å². The molecule has 0 spiro atoms. The van der Waals surface area contributed by atoms with Gasteiger partial charge >= 0.3 is 6.18 Å². The Bertz CT molecular complexity index is 896. The smallest absolute Gasteiger partial charge is 0.449 e. The van der Waals surface area contributed by atoms with Crippen molar-refractivity contribution in [3.8, 4) is 5.75 Å². The first kappa shape index (κ1) is 18.3. The average molecular weight is 370 g/mol. The molecule has 0 bridgehead atoms. The van der Waals surface area contributed by atoms with Gasteiger partial charge in [0.15, 0.2) is 0 Å². The second kappa shape index (κ2) is 6.69. The van der Waals surface area contributed by atoms with Gasteiger partial charge in [0.2, 0.25) is 5.82 Å². The van der Waals surface area contributed by atoms with Crippen LogP contribution in [0.5, 0.6) is 5.75 Å². The van der Waals surface area contributed by atoms with Crippen LogP contribution in [0.2, 0.25) is 0 Å². The predicted molar refractivity (Wildman–Crippen MR) is 84.2 cm³/mol. The fourth-order valence-corrected chi connectivity index (χ4v) is 2.97. The van der Waals surface area contributed by atoms with Crippen LogP contribution in [0.3, 0.4) is 0 Å². The van der Waals surface area contributed by atoms with Crippen LogP contribution in [-0.4, -0.2) is 36.6 Å². The van der Waals surface area contributed by atoms with Crippen molar-refractivity contribution in [3.63, 3.8) is 0 Å². The van der Waals surface area contributed by atoms with Crippen molar-refractivity contribution in [3.05, 3.63) is 50.5 Å². The van der Waals surface area contributed by atoms with Gasteiger partial charge in [0.25, 0.3) is 5.56 Å². The van der Waals surface area contributed by atoms with Crippen molar-refractivity contribution in [2.75, 3.05) is 6.54 Å². The second-order valence-corrected chi connectivity index (χ2v) is 6.15. The Kier molecular flexibility index (Phi) is 4.72. The fraction of sp³-hybridized carbons (Fsp3) is 0.438. The minimum absolute atomic E-state index is 0.0400. The van der Waals surface area contributed by atoms with E-state index >= 15 is 0 Å². The summed E-state index contributed by atoms with van der Waals surface area (Å²) in [6, 6.07) is 0. The Morgan fingerprint density at radius 2 is 2.12 bits per heavy atom. The monoisotopic (exact) mass is 370 g/mol. The van der Waals surface area contributed by atoms with Crippen molar-refractivity contribution < 1.29 is 23.4 Å².